The lowest BCUT2D eigenvalue weighted by Crippen LogP contribution is -2.53. The number of carboxylic acid groups (broad SMARTS) is 1. The van der Waals surface area contributed by atoms with E-state index in [1.54, 1.807) is 13.8 Å². The molecule has 0 rings (SSSR count). The summed E-state index contributed by atoms with van der Waals surface area (Å²) in [4.78, 5) is 34.1. The molecule has 0 spiro atoms. The average Bonchev–Trinajstić information content (AvgIpc) is 2.30. The molecular formula is C13H24N2O4. The lowest BCUT2D eigenvalue weighted by atomic mass is 10.0. The smallest absolute Gasteiger partial charge is 0.326 e. The van der Waals surface area contributed by atoms with E-state index in [-0.39, 0.29) is 11.8 Å². The Morgan fingerprint density at radius 1 is 1.16 bits per heavy atom. The van der Waals surface area contributed by atoms with Crippen molar-refractivity contribution in [1.29, 1.82) is 0 Å². The summed E-state index contributed by atoms with van der Waals surface area (Å²) < 4.78 is 0. The second-order valence-electron chi connectivity index (χ2n) is 4.96. The summed E-state index contributed by atoms with van der Waals surface area (Å²) in [7, 11) is 0. The van der Waals surface area contributed by atoms with Gasteiger partial charge in [0.1, 0.15) is 12.1 Å². The van der Waals surface area contributed by atoms with Crippen molar-refractivity contribution in [2.24, 2.45) is 5.92 Å². The van der Waals surface area contributed by atoms with Crippen molar-refractivity contribution >= 4 is 17.8 Å². The lowest BCUT2D eigenvalue weighted by molar-refractivity contribution is -0.142. The Kier molecular flexibility index (Phi) is 7.79. The molecule has 110 valence electrons. The zero-order valence-corrected chi connectivity index (χ0v) is 12.0. The van der Waals surface area contributed by atoms with Crippen LogP contribution in [0.4, 0.5) is 0 Å². The fraction of sp³-hybridized carbons (Fsp3) is 0.769. The number of aliphatic carboxylic acids is 1. The summed E-state index contributed by atoms with van der Waals surface area (Å²) in [6.45, 7) is 6.87. The molecule has 0 aromatic heterocycles. The number of nitrogens with one attached hydrogen (secondary N) is 2. The molecule has 0 aliphatic rings. The molecule has 0 aromatic carbocycles. The summed E-state index contributed by atoms with van der Waals surface area (Å²) in [5.74, 6) is -1.92. The third-order valence-electron chi connectivity index (χ3n) is 2.77. The van der Waals surface area contributed by atoms with Gasteiger partial charge >= 0.3 is 5.97 Å². The minimum Gasteiger partial charge on any atom is -0.480 e. The van der Waals surface area contributed by atoms with E-state index in [4.69, 9.17) is 5.11 Å². The molecule has 0 fully saturated rings. The Morgan fingerprint density at radius 3 is 2.11 bits per heavy atom. The normalized spacial score (nSPS) is 13.7. The highest BCUT2D eigenvalue weighted by molar-refractivity contribution is 5.90. The fourth-order valence-electron chi connectivity index (χ4n) is 1.68. The molecule has 0 saturated heterocycles. The number of carbonyl (C=O) groups excluding carboxylic acids is 2. The van der Waals surface area contributed by atoms with Crippen molar-refractivity contribution in [1.82, 2.24) is 10.6 Å². The molecule has 19 heavy (non-hydrogen) atoms. The van der Waals surface area contributed by atoms with E-state index in [1.165, 1.54) is 6.92 Å². The first-order valence-corrected chi connectivity index (χ1v) is 6.59. The highest BCUT2D eigenvalue weighted by Gasteiger charge is 2.27. The molecular weight excluding hydrogens is 248 g/mol. The van der Waals surface area contributed by atoms with E-state index in [0.717, 1.165) is 12.8 Å². The van der Waals surface area contributed by atoms with Crippen LogP contribution in [0.25, 0.3) is 0 Å². The Hall–Kier alpha value is -1.59. The fourth-order valence-corrected chi connectivity index (χ4v) is 1.68. The maximum absolute atomic E-state index is 12.0. The van der Waals surface area contributed by atoms with Crippen LogP contribution < -0.4 is 10.6 Å². The maximum atomic E-state index is 12.0. The number of hydrogen-bond donors (Lipinski definition) is 3. The predicted octanol–water partition coefficient (Wildman–Crippen LogP) is 0.907. The number of unbranched alkanes of at least 4 members (excludes halogenated alkanes) is 1. The van der Waals surface area contributed by atoms with Crippen LogP contribution >= 0.6 is 0 Å². The first-order valence-electron chi connectivity index (χ1n) is 6.59. The van der Waals surface area contributed by atoms with Gasteiger partial charge in [0.25, 0.3) is 0 Å². The predicted molar refractivity (Wildman–Crippen MR) is 71.5 cm³/mol. The van der Waals surface area contributed by atoms with E-state index >= 15 is 0 Å². The second kappa shape index (κ2) is 8.50. The molecule has 2 amide bonds. The summed E-state index contributed by atoms with van der Waals surface area (Å²) in [5.41, 5.74) is 0. The quantitative estimate of drug-likeness (QED) is 0.612. The minimum absolute atomic E-state index is 0.107. The molecule has 0 radical (unpaired) electrons. The van der Waals surface area contributed by atoms with E-state index in [9.17, 15) is 14.4 Å². The molecule has 0 heterocycles. The Morgan fingerprint density at radius 2 is 1.74 bits per heavy atom. The van der Waals surface area contributed by atoms with Gasteiger partial charge in [0.05, 0.1) is 0 Å². The third-order valence-corrected chi connectivity index (χ3v) is 2.77. The molecule has 3 N–H and O–H groups in total. The second-order valence-corrected chi connectivity index (χ2v) is 4.96. The van der Waals surface area contributed by atoms with Crippen LogP contribution in [0.15, 0.2) is 0 Å². The molecule has 2 atom stereocenters. The molecule has 0 saturated carbocycles. The van der Waals surface area contributed by atoms with Crippen molar-refractivity contribution in [3.05, 3.63) is 0 Å². The van der Waals surface area contributed by atoms with Gasteiger partial charge in [-0.05, 0) is 12.3 Å². The van der Waals surface area contributed by atoms with Crippen LogP contribution in [0.2, 0.25) is 0 Å². The third kappa shape index (κ3) is 6.79. The van der Waals surface area contributed by atoms with Gasteiger partial charge in [-0.25, -0.2) is 4.79 Å². The standard InChI is InChI=1S/C13H24N2O4/c1-5-6-7-10(13(18)19)15-12(17)11(8(2)3)14-9(4)16/h8,10-11H,5-7H2,1-4H3,(H,14,16)(H,15,17)(H,18,19)/t10-,11+/m0/s1. The van der Waals surface area contributed by atoms with Gasteiger partial charge in [-0.1, -0.05) is 33.6 Å². The summed E-state index contributed by atoms with van der Waals surface area (Å²) in [5, 5.41) is 14.1. The van der Waals surface area contributed by atoms with E-state index < -0.39 is 24.0 Å². The van der Waals surface area contributed by atoms with Crippen LogP contribution in [0.3, 0.4) is 0 Å². The number of carboxylic acids is 1. The van der Waals surface area contributed by atoms with Crippen LogP contribution in [0.5, 0.6) is 0 Å². The van der Waals surface area contributed by atoms with Gasteiger partial charge in [0.15, 0.2) is 0 Å². The lowest BCUT2D eigenvalue weighted by Gasteiger charge is -2.23. The molecule has 0 aliphatic carbocycles. The van der Waals surface area contributed by atoms with Gasteiger partial charge in [0.2, 0.25) is 11.8 Å². The van der Waals surface area contributed by atoms with Gasteiger partial charge in [0, 0.05) is 6.92 Å². The van der Waals surface area contributed by atoms with E-state index in [2.05, 4.69) is 10.6 Å². The SMILES string of the molecule is CCCC[C@H](NC(=O)[C@H](NC(C)=O)C(C)C)C(=O)O. The van der Waals surface area contributed by atoms with Gasteiger partial charge < -0.3 is 15.7 Å². The van der Waals surface area contributed by atoms with Gasteiger partial charge in [-0.2, -0.15) is 0 Å². The van der Waals surface area contributed by atoms with Crippen molar-refractivity contribution < 1.29 is 19.5 Å². The Labute approximate surface area is 113 Å². The minimum atomic E-state index is -1.05. The Balaban J connectivity index is 4.65. The van der Waals surface area contributed by atoms with Crippen molar-refractivity contribution in [2.45, 2.75) is 59.0 Å². The number of amides is 2. The largest absolute Gasteiger partial charge is 0.480 e. The Bertz CT molecular complexity index is 329. The van der Waals surface area contributed by atoms with E-state index in [1.807, 2.05) is 6.92 Å². The van der Waals surface area contributed by atoms with Crippen molar-refractivity contribution in [3.63, 3.8) is 0 Å². The number of hydrogen-bond acceptors (Lipinski definition) is 3. The van der Waals surface area contributed by atoms with Gasteiger partial charge in [-0.15, -0.1) is 0 Å². The van der Waals surface area contributed by atoms with Crippen LogP contribution in [-0.2, 0) is 14.4 Å². The zero-order valence-electron chi connectivity index (χ0n) is 12.0. The van der Waals surface area contributed by atoms with Crippen LogP contribution in [0.1, 0.15) is 47.0 Å². The van der Waals surface area contributed by atoms with Crippen LogP contribution in [-0.4, -0.2) is 35.0 Å². The topological polar surface area (TPSA) is 95.5 Å². The molecule has 0 aromatic rings. The summed E-state index contributed by atoms with van der Waals surface area (Å²) in [6, 6.07) is -1.61. The number of carbonyl (C=O) groups is 3. The van der Waals surface area contributed by atoms with Crippen molar-refractivity contribution in [2.75, 3.05) is 0 Å². The van der Waals surface area contributed by atoms with E-state index in [0.29, 0.717) is 6.42 Å². The van der Waals surface area contributed by atoms with Crippen LogP contribution in [0, 0.1) is 5.92 Å². The first-order chi connectivity index (χ1) is 8.79. The maximum Gasteiger partial charge on any atom is 0.326 e. The average molecular weight is 272 g/mol. The number of rotatable bonds is 8. The summed E-state index contributed by atoms with van der Waals surface area (Å²) in [6.07, 6.45) is 1.98. The molecule has 0 unspecified atom stereocenters. The molecule has 6 heteroatoms. The monoisotopic (exact) mass is 272 g/mol. The highest BCUT2D eigenvalue weighted by atomic mass is 16.4. The van der Waals surface area contributed by atoms with Crippen molar-refractivity contribution in [3.8, 4) is 0 Å². The highest BCUT2D eigenvalue weighted by Crippen LogP contribution is 2.05. The van der Waals surface area contributed by atoms with Gasteiger partial charge in [-0.3, -0.25) is 9.59 Å². The first kappa shape index (κ1) is 17.4. The zero-order chi connectivity index (χ0) is 15.0. The molecule has 0 aliphatic heterocycles. The molecule has 0 bridgehead atoms. The molecule has 6 nitrogen and oxygen atoms in total. The summed E-state index contributed by atoms with van der Waals surface area (Å²) >= 11 is 0.